The van der Waals surface area contributed by atoms with Crippen molar-refractivity contribution in [2.45, 2.75) is 32.1 Å². The van der Waals surface area contributed by atoms with E-state index < -0.39 is 0 Å². The number of hydrogen-bond acceptors (Lipinski definition) is 5. The quantitative estimate of drug-likeness (QED) is 0.677. The van der Waals surface area contributed by atoms with Crippen LogP contribution in [0.4, 0.5) is 0 Å². The second kappa shape index (κ2) is 8.27. The van der Waals surface area contributed by atoms with E-state index in [1.807, 2.05) is 12.1 Å². The average molecular weight is 275 g/mol. The highest BCUT2D eigenvalue weighted by molar-refractivity contribution is 5.27. The molecule has 0 saturated carbocycles. The summed E-state index contributed by atoms with van der Waals surface area (Å²) in [6.07, 6.45) is 4.94. The zero-order valence-corrected chi connectivity index (χ0v) is 11.6. The van der Waals surface area contributed by atoms with Gasteiger partial charge >= 0.3 is 0 Å². The molecule has 1 heterocycles. The fourth-order valence-electron chi connectivity index (χ4n) is 1.93. The van der Waals surface area contributed by atoms with Crippen LogP contribution >= 0.6 is 0 Å². The van der Waals surface area contributed by atoms with Crippen molar-refractivity contribution in [1.82, 2.24) is 20.6 Å². The molecule has 2 aromatic rings. The molecule has 2 rings (SSSR count). The molecule has 0 amide bonds. The number of nitrogens with zero attached hydrogens (tertiary/aromatic N) is 3. The maximum Gasteiger partial charge on any atom is 0.174 e. The standard InChI is InChI=1S/C14H21N5O/c15-10-2-1-4-12-6-8-13(9-7-12)20-11-3-5-14-16-18-19-17-14/h6-9H,1-5,10-11,15H2,(H,16,17,18,19). The molecule has 0 radical (unpaired) electrons. The molecule has 0 unspecified atom stereocenters. The predicted octanol–water partition coefficient (Wildman–Crippen LogP) is 1.49. The number of nitrogens with one attached hydrogen (secondary N) is 1. The third-order valence-electron chi connectivity index (χ3n) is 3.05. The summed E-state index contributed by atoms with van der Waals surface area (Å²) in [5, 5.41) is 13.7. The minimum Gasteiger partial charge on any atom is -0.494 e. The highest BCUT2D eigenvalue weighted by Gasteiger charge is 1.99. The zero-order chi connectivity index (χ0) is 14.0. The van der Waals surface area contributed by atoms with Gasteiger partial charge < -0.3 is 10.5 Å². The SMILES string of the molecule is NCCCCc1ccc(OCCCc2nn[nH]n2)cc1. The van der Waals surface area contributed by atoms with Crippen LogP contribution in [0.15, 0.2) is 24.3 Å². The minimum absolute atomic E-state index is 0.654. The summed E-state index contributed by atoms with van der Waals surface area (Å²) >= 11 is 0. The molecule has 6 nitrogen and oxygen atoms in total. The first-order chi connectivity index (χ1) is 9.88. The Morgan fingerprint density at radius 2 is 1.90 bits per heavy atom. The summed E-state index contributed by atoms with van der Waals surface area (Å²) < 4.78 is 5.68. The molecule has 0 atom stereocenters. The number of aromatic nitrogens is 4. The summed E-state index contributed by atoms with van der Waals surface area (Å²) in [4.78, 5) is 0. The first-order valence-electron chi connectivity index (χ1n) is 7.02. The van der Waals surface area contributed by atoms with Gasteiger partial charge in [-0.2, -0.15) is 5.21 Å². The molecule has 0 bridgehead atoms. The lowest BCUT2D eigenvalue weighted by atomic mass is 10.1. The number of unbranched alkanes of at least 4 members (excludes halogenated alkanes) is 1. The van der Waals surface area contributed by atoms with E-state index in [-0.39, 0.29) is 0 Å². The lowest BCUT2D eigenvalue weighted by Crippen LogP contribution is -2.01. The van der Waals surface area contributed by atoms with Gasteiger partial charge in [0.1, 0.15) is 5.75 Å². The summed E-state index contributed by atoms with van der Waals surface area (Å²) in [6.45, 7) is 1.42. The van der Waals surface area contributed by atoms with Gasteiger partial charge in [0.15, 0.2) is 5.82 Å². The molecule has 1 aromatic carbocycles. The number of aromatic amines is 1. The number of rotatable bonds is 9. The summed E-state index contributed by atoms with van der Waals surface area (Å²) in [6, 6.07) is 8.27. The van der Waals surface area contributed by atoms with E-state index in [9.17, 15) is 0 Å². The number of aryl methyl sites for hydroxylation is 2. The molecule has 6 heteroatoms. The van der Waals surface area contributed by atoms with E-state index in [2.05, 4.69) is 32.8 Å². The van der Waals surface area contributed by atoms with Crippen LogP contribution in [0.5, 0.6) is 5.75 Å². The summed E-state index contributed by atoms with van der Waals surface area (Å²) in [7, 11) is 0. The Hall–Kier alpha value is -1.95. The van der Waals surface area contributed by atoms with Gasteiger partial charge in [0, 0.05) is 6.42 Å². The second-order valence-electron chi connectivity index (χ2n) is 4.67. The van der Waals surface area contributed by atoms with Gasteiger partial charge in [-0.3, -0.25) is 0 Å². The Kier molecular flexibility index (Phi) is 5.98. The van der Waals surface area contributed by atoms with Crippen molar-refractivity contribution in [3.8, 4) is 5.75 Å². The van der Waals surface area contributed by atoms with Crippen molar-refractivity contribution in [3.63, 3.8) is 0 Å². The average Bonchev–Trinajstić information content (AvgIpc) is 2.99. The highest BCUT2D eigenvalue weighted by Crippen LogP contribution is 2.14. The third-order valence-corrected chi connectivity index (χ3v) is 3.05. The zero-order valence-electron chi connectivity index (χ0n) is 11.6. The highest BCUT2D eigenvalue weighted by atomic mass is 16.5. The Labute approximate surface area is 118 Å². The minimum atomic E-state index is 0.654. The molecule has 0 aliphatic carbocycles. The summed E-state index contributed by atoms with van der Waals surface area (Å²) in [5.41, 5.74) is 6.82. The molecule has 0 saturated heterocycles. The van der Waals surface area contributed by atoms with Crippen molar-refractivity contribution in [3.05, 3.63) is 35.7 Å². The van der Waals surface area contributed by atoms with Gasteiger partial charge in [-0.25, -0.2) is 0 Å². The fourth-order valence-corrected chi connectivity index (χ4v) is 1.93. The van der Waals surface area contributed by atoms with Crippen molar-refractivity contribution in [2.24, 2.45) is 5.73 Å². The maximum absolute atomic E-state index is 5.68. The van der Waals surface area contributed by atoms with Gasteiger partial charge in [0.2, 0.25) is 0 Å². The molecule has 0 aliphatic rings. The van der Waals surface area contributed by atoms with E-state index in [0.29, 0.717) is 6.61 Å². The molecule has 108 valence electrons. The molecule has 0 fully saturated rings. The van der Waals surface area contributed by atoms with Gasteiger partial charge in [0.05, 0.1) is 6.61 Å². The normalized spacial score (nSPS) is 10.7. The van der Waals surface area contributed by atoms with Crippen LogP contribution < -0.4 is 10.5 Å². The number of nitrogens with two attached hydrogens (primary N) is 1. The van der Waals surface area contributed by atoms with E-state index >= 15 is 0 Å². The third kappa shape index (κ3) is 4.97. The molecule has 20 heavy (non-hydrogen) atoms. The van der Waals surface area contributed by atoms with Crippen LogP contribution in [0.2, 0.25) is 0 Å². The second-order valence-corrected chi connectivity index (χ2v) is 4.67. The Morgan fingerprint density at radius 3 is 2.60 bits per heavy atom. The number of H-pyrrole nitrogens is 1. The lowest BCUT2D eigenvalue weighted by molar-refractivity contribution is 0.310. The molecule has 0 spiro atoms. The van der Waals surface area contributed by atoms with Crippen LogP contribution in [0.1, 0.15) is 30.7 Å². The first kappa shape index (κ1) is 14.5. The van der Waals surface area contributed by atoms with Crippen molar-refractivity contribution < 1.29 is 4.74 Å². The van der Waals surface area contributed by atoms with Gasteiger partial charge in [-0.15, -0.1) is 10.2 Å². The van der Waals surface area contributed by atoms with E-state index in [1.165, 1.54) is 5.56 Å². The number of tetrazole rings is 1. The van der Waals surface area contributed by atoms with Crippen LogP contribution in [0.25, 0.3) is 0 Å². The Morgan fingerprint density at radius 1 is 1.05 bits per heavy atom. The maximum atomic E-state index is 5.68. The van der Waals surface area contributed by atoms with Crippen LogP contribution in [0, 0.1) is 0 Å². The van der Waals surface area contributed by atoms with Crippen molar-refractivity contribution in [1.29, 1.82) is 0 Å². The number of ether oxygens (including phenoxy) is 1. The van der Waals surface area contributed by atoms with Crippen molar-refractivity contribution in [2.75, 3.05) is 13.2 Å². The predicted molar refractivity (Wildman–Crippen MR) is 76.4 cm³/mol. The molecule has 3 N–H and O–H groups in total. The first-order valence-corrected chi connectivity index (χ1v) is 7.02. The molecule has 0 aliphatic heterocycles. The Bertz CT molecular complexity index is 469. The Balaban J connectivity index is 1.65. The molecular weight excluding hydrogens is 254 g/mol. The molecular formula is C14H21N5O. The largest absolute Gasteiger partial charge is 0.494 e. The van der Waals surface area contributed by atoms with Gasteiger partial charge in [0.25, 0.3) is 0 Å². The summed E-state index contributed by atoms with van der Waals surface area (Å²) in [5.74, 6) is 1.63. The van der Waals surface area contributed by atoms with E-state index in [0.717, 1.165) is 50.2 Å². The van der Waals surface area contributed by atoms with Crippen LogP contribution in [-0.2, 0) is 12.8 Å². The smallest absolute Gasteiger partial charge is 0.174 e. The van der Waals surface area contributed by atoms with Crippen LogP contribution in [-0.4, -0.2) is 33.8 Å². The van der Waals surface area contributed by atoms with Crippen LogP contribution in [0.3, 0.4) is 0 Å². The fraction of sp³-hybridized carbons (Fsp3) is 0.500. The van der Waals surface area contributed by atoms with E-state index in [4.69, 9.17) is 10.5 Å². The lowest BCUT2D eigenvalue weighted by Gasteiger charge is -2.06. The number of hydrogen-bond donors (Lipinski definition) is 2. The number of benzene rings is 1. The molecule has 1 aromatic heterocycles. The van der Waals surface area contributed by atoms with Gasteiger partial charge in [-0.05, 0) is 49.9 Å². The van der Waals surface area contributed by atoms with E-state index in [1.54, 1.807) is 0 Å². The van der Waals surface area contributed by atoms with Crippen molar-refractivity contribution >= 4 is 0 Å². The monoisotopic (exact) mass is 275 g/mol. The van der Waals surface area contributed by atoms with Gasteiger partial charge in [-0.1, -0.05) is 17.3 Å². The topological polar surface area (TPSA) is 89.7 Å².